The highest BCUT2D eigenvalue weighted by atomic mass is 35.5. The molecule has 3 aromatic carbocycles. The Balaban J connectivity index is 0.000000173. The number of anilines is 4. The van der Waals surface area contributed by atoms with Crippen molar-refractivity contribution >= 4 is 108 Å². The van der Waals surface area contributed by atoms with Gasteiger partial charge in [0.2, 0.25) is 29.4 Å². The van der Waals surface area contributed by atoms with Crippen LogP contribution in [-0.2, 0) is 14.4 Å². The van der Waals surface area contributed by atoms with Crippen LogP contribution in [0, 0.1) is 136 Å². The van der Waals surface area contributed by atoms with Crippen molar-refractivity contribution < 1.29 is 75.8 Å². The molecule has 0 spiro atoms. The predicted octanol–water partition coefficient (Wildman–Crippen LogP) is 17.6. The lowest BCUT2D eigenvalue weighted by molar-refractivity contribution is -0.128. The van der Waals surface area contributed by atoms with Crippen molar-refractivity contribution in [3.05, 3.63) is 271 Å². The molecule has 1 atom stereocenters. The highest BCUT2D eigenvalue weighted by Crippen LogP contribution is 2.46. The van der Waals surface area contributed by atoms with Crippen molar-refractivity contribution in [1.29, 1.82) is 15.8 Å². The van der Waals surface area contributed by atoms with Crippen LogP contribution >= 0.6 is 34.8 Å². The minimum atomic E-state index is -2.36. The number of carbonyl (C=O) groups excluding carboxylic acids is 3. The van der Waals surface area contributed by atoms with Crippen LogP contribution in [0.5, 0.6) is 0 Å². The Labute approximate surface area is 779 Å². The molecule has 3 amide bonds. The number of aromatic nitrogens is 9. The van der Waals surface area contributed by atoms with E-state index >= 15 is 26.3 Å². The first kappa shape index (κ1) is 98.9. The topological polar surface area (TPSA) is 311 Å². The number of nitrogen functional groups attached to an aromatic ring is 1. The fourth-order valence-corrected chi connectivity index (χ4v) is 17.5. The average Bonchev–Trinajstić information content (AvgIpc) is 0.722. The maximum absolute atomic E-state index is 15.3. The fourth-order valence-electron chi connectivity index (χ4n) is 16.7. The molecule has 2 N–H and O–H groups in total. The second kappa shape index (κ2) is 39.1. The number of benzene rings is 3. The molecule has 702 valence electrons. The van der Waals surface area contributed by atoms with E-state index in [1.165, 1.54) is 58.6 Å². The van der Waals surface area contributed by atoms with Gasteiger partial charge < -0.3 is 35.1 Å². The zero-order valence-electron chi connectivity index (χ0n) is 73.6. The molecule has 0 aliphatic carbocycles. The van der Waals surface area contributed by atoms with Crippen molar-refractivity contribution in [2.75, 3.05) is 92.4 Å². The SMILES string of the molecule is C=CC(=O)N1CCN(c2c(C#N)c(=O)n(-c3c(C)ccnc3C(C)C)c3nc(-c4c(F)c(F)c(F)c(F)c4F)c(Cl)cc23)CC1.C=CC(=O)N1CCN(c2c(C#N)c(=O)n(-c3c(C)ccnc3C(C)C)c3nc(-c4c(F)c(F)c(F)c(F)c4F)c(Cl)cc23)CC1.C=CC(=O)N1CCN(c2c(C#N)c(=O)n(-c3c(C)ccnc3C(C)C)c3nc(-c4c(F)c(N)c(F)c(F)c4F)c(Cl)cc23)C[C@H]1C. The van der Waals surface area contributed by atoms with Crippen molar-refractivity contribution in [1.82, 2.24) is 58.3 Å². The van der Waals surface area contributed by atoms with Gasteiger partial charge in [-0.05, 0) is 117 Å². The highest BCUT2D eigenvalue weighted by molar-refractivity contribution is 6.35. The summed E-state index contributed by atoms with van der Waals surface area (Å²) in [6.07, 6.45) is 8.13. The number of nitrogens with two attached hydrogens (primary N) is 1. The summed E-state index contributed by atoms with van der Waals surface area (Å²) in [7, 11) is 0. The molecule has 12 aromatic rings. The van der Waals surface area contributed by atoms with Gasteiger partial charge in [-0.15, -0.1) is 0 Å². The molecule has 42 heteroatoms. The van der Waals surface area contributed by atoms with Crippen molar-refractivity contribution in [3.63, 3.8) is 0 Å². The molecule has 136 heavy (non-hydrogen) atoms. The molecule has 25 nitrogen and oxygen atoms in total. The van der Waals surface area contributed by atoms with Gasteiger partial charge in [-0.25, -0.2) is 76.4 Å². The quantitative estimate of drug-likeness (QED) is 0.0328. The summed E-state index contributed by atoms with van der Waals surface area (Å²) in [6, 6.07) is 14.0. The lowest BCUT2D eigenvalue weighted by Gasteiger charge is -2.41. The Bertz CT molecular complexity index is 7090. The minimum absolute atomic E-state index is 0.0882. The van der Waals surface area contributed by atoms with Gasteiger partial charge in [0.1, 0.15) is 57.5 Å². The number of halogens is 17. The third-order valence-electron chi connectivity index (χ3n) is 23.3. The third kappa shape index (κ3) is 17.1. The van der Waals surface area contributed by atoms with Crippen LogP contribution in [0.25, 0.3) is 83.9 Å². The molecule has 9 aromatic heterocycles. The van der Waals surface area contributed by atoms with Gasteiger partial charge in [-0.1, -0.05) is 96.1 Å². The van der Waals surface area contributed by atoms with Gasteiger partial charge in [-0.3, -0.25) is 57.4 Å². The van der Waals surface area contributed by atoms with E-state index in [0.717, 1.165) is 13.7 Å². The van der Waals surface area contributed by atoms with E-state index in [-0.39, 0.29) is 197 Å². The monoisotopic (exact) mass is 1940 g/mol. The summed E-state index contributed by atoms with van der Waals surface area (Å²) in [5.74, 6) is -31.3. The Hall–Kier alpha value is -14.6. The highest BCUT2D eigenvalue weighted by Gasteiger charge is 2.40. The number of rotatable bonds is 15. The minimum Gasteiger partial charge on any atom is -0.394 e. The van der Waals surface area contributed by atoms with E-state index < -0.39 is 153 Å². The van der Waals surface area contributed by atoms with Crippen LogP contribution in [0.3, 0.4) is 0 Å². The van der Waals surface area contributed by atoms with Gasteiger partial charge in [0.25, 0.3) is 16.7 Å². The van der Waals surface area contributed by atoms with Crippen LogP contribution in [0.4, 0.5) is 84.2 Å². The number of nitrogens with zero attached hydrogens (tertiary/aromatic N) is 18. The second-order valence-corrected chi connectivity index (χ2v) is 33.8. The Morgan fingerprint density at radius 3 is 0.941 bits per heavy atom. The molecule has 3 aliphatic rings. The zero-order chi connectivity index (χ0) is 99.6. The first-order valence-electron chi connectivity index (χ1n) is 41.5. The van der Waals surface area contributed by atoms with Gasteiger partial charge >= 0.3 is 0 Å². The van der Waals surface area contributed by atoms with Crippen LogP contribution in [0.1, 0.15) is 117 Å². The lowest BCUT2D eigenvalue weighted by atomic mass is 10.0. The summed E-state index contributed by atoms with van der Waals surface area (Å²) in [6.45, 7) is 30.5. The molecule has 0 unspecified atom stereocenters. The number of carbonyl (C=O) groups is 3. The summed E-state index contributed by atoms with van der Waals surface area (Å²) in [4.78, 5) is 116. The summed E-state index contributed by atoms with van der Waals surface area (Å²) >= 11 is 19.5. The molecule has 15 rings (SSSR count). The summed E-state index contributed by atoms with van der Waals surface area (Å²) in [5, 5.41) is 29.9. The first-order chi connectivity index (χ1) is 64.4. The average molecular weight is 1940 g/mol. The van der Waals surface area contributed by atoms with E-state index in [1.54, 1.807) is 71.7 Å². The van der Waals surface area contributed by atoms with Gasteiger partial charge in [-0.2, -0.15) is 15.8 Å². The maximum Gasteiger partial charge on any atom is 0.276 e. The molecule has 0 radical (unpaired) electrons. The van der Waals surface area contributed by atoms with E-state index in [4.69, 9.17) is 40.5 Å². The smallest absolute Gasteiger partial charge is 0.276 e. The van der Waals surface area contributed by atoms with Crippen molar-refractivity contribution in [2.45, 2.75) is 93.0 Å². The Kier molecular flexibility index (Phi) is 28.5. The van der Waals surface area contributed by atoms with Gasteiger partial charge in [0.15, 0.2) is 69.8 Å². The third-order valence-corrected chi connectivity index (χ3v) is 24.2. The molecule has 12 heterocycles. The Morgan fingerprint density at radius 1 is 0.404 bits per heavy atom. The summed E-state index contributed by atoms with van der Waals surface area (Å²) < 4.78 is 207. The number of amides is 3. The number of fused-ring (bicyclic) bond motifs is 3. The normalized spacial score (nSPS) is 14.0. The van der Waals surface area contributed by atoms with E-state index in [1.807, 2.05) is 59.8 Å². The molecule has 3 saturated heterocycles. The standard InChI is InChI=1S/C32H28ClF4N7O2.2C31H24ClF5N6O2/c1-6-20(45)43-10-9-42(13-16(43)5)30-17-11-19(33)28(21-22(34)24(36)25(37)26(39)23(21)35)41-31(17)44(32(46)18(30)12-38)29-15(4)7-8-40-27(29)14(2)3;2*1-5-19(44)41-8-10-42(11-9-41)29-16-12-18(32)27(20-21(33)23(35)25(37)24(36)22(20)34)40-30(16)43(31(45)17(29)13-38)28-15(4)6-7-39-26(28)14(2)3/h6-8,11,14,16H,1,9-10,13,39H2,2-5H3;2*5-7,12,14H,1,8-11H2,2-4H3/t16-;;/m1../s1. The molecule has 3 aliphatic heterocycles. The summed E-state index contributed by atoms with van der Waals surface area (Å²) in [5.41, 5.74) is -2.23. The Morgan fingerprint density at radius 2 is 0.669 bits per heavy atom. The first-order valence-corrected chi connectivity index (χ1v) is 42.7. The van der Waals surface area contributed by atoms with Crippen LogP contribution in [0.15, 0.2) is 107 Å². The number of piperazine rings is 3. The van der Waals surface area contributed by atoms with Crippen molar-refractivity contribution in [2.24, 2.45) is 0 Å². The molecule has 0 saturated carbocycles. The fraction of sp³-hybridized carbons (Fsp3) is 0.266. The molecule has 3 fully saturated rings. The maximum atomic E-state index is 15.3. The van der Waals surface area contributed by atoms with Gasteiger partial charge in [0, 0.05) is 113 Å². The van der Waals surface area contributed by atoms with E-state index in [9.17, 15) is 79.7 Å². The van der Waals surface area contributed by atoms with E-state index in [2.05, 4.69) is 49.6 Å². The molecule has 0 bridgehead atoms. The zero-order valence-corrected chi connectivity index (χ0v) is 75.9. The van der Waals surface area contributed by atoms with Crippen LogP contribution in [-0.4, -0.2) is 154 Å². The number of pyridine rings is 9. The molecular formula is C94H76Cl3F14N19O6. The predicted molar refractivity (Wildman–Crippen MR) is 483 cm³/mol. The number of aryl methyl sites for hydroxylation is 3. The van der Waals surface area contributed by atoms with Crippen molar-refractivity contribution in [3.8, 4) is 69.0 Å². The van der Waals surface area contributed by atoms with Gasteiger partial charge in [0.05, 0.1) is 100 Å². The molecular weight excluding hydrogens is 1860 g/mol. The van der Waals surface area contributed by atoms with E-state index in [0.29, 0.717) is 33.8 Å². The number of nitriles is 3. The largest absolute Gasteiger partial charge is 0.394 e. The van der Waals surface area contributed by atoms with Crippen LogP contribution < -0.4 is 37.1 Å². The number of hydrogen-bond acceptors (Lipinski definition) is 19. The second-order valence-electron chi connectivity index (χ2n) is 32.5. The number of hydrogen-bond donors (Lipinski definition) is 1. The lowest BCUT2D eigenvalue weighted by Crippen LogP contribution is -2.54. The van der Waals surface area contributed by atoms with Crippen LogP contribution in [0.2, 0.25) is 15.1 Å².